The van der Waals surface area contributed by atoms with Crippen LogP contribution < -0.4 is 4.74 Å². The fourth-order valence-corrected chi connectivity index (χ4v) is 4.06. The summed E-state index contributed by atoms with van der Waals surface area (Å²) in [5, 5.41) is 0. The molecule has 0 aliphatic carbocycles. The summed E-state index contributed by atoms with van der Waals surface area (Å²) in [6, 6.07) is 5.11. The van der Waals surface area contributed by atoms with Crippen molar-refractivity contribution in [1.29, 1.82) is 0 Å². The van der Waals surface area contributed by atoms with Gasteiger partial charge in [0.1, 0.15) is 5.75 Å². The lowest BCUT2D eigenvalue weighted by Crippen LogP contribution is -2.07. The Morgan fingerprint density at radius 1 is 0.781 bits per heavy atom. The Balaban J connectivity index is 1.94. The third-order valence-corrected chi connectivity index (χ3v) is 6.38. The molecular weight excluding hydrogens is 424 g/mol. The van der Waals surface area contributed by atoms with Gasteiger partial charge in [-0.2, -0.15) is 8.42 Å². The smallest absolute Gasteiger partial charge is 0.311 e. The average Bonchev–Trinajstić information content (AvgIpc) is 2.75. The fraction of sp³-hybridized carbons (Fsp3) is 0.654. The molecule has 0 radical (unpaired) electrons. The van der Waals surface area contributed by atoms with Crippen molar-refractivity contribution in [3.63, 3.8) is 0 Å². The molecule has 0 bridgehead atoms. The first kappa shape index (κ1) is 28.4. The van der Waals surface area contributed by atoms with Gasteiger partial charge in [-0.3, -0.25) is 9.35 Å². The molecular formula is C26H42O5S. The summed E-state index contributed by atoms with van der Waals surface area (Å²) in [6.45, 7) is 2.26. The van der Waals surface area contributed by atoms with Crippen molar-refractivity contribution in [2.45, 2.75) is 115 Å². The van der Waals surface area contributed by atoms with Crippen LogP contribution in [-0.4, -0.2) is 18.9 Å². The third-order valence-electron chi connectivity index (χ3n) is 5.51. The molecule has 0 heterocycles. The second-order valence-electron chi connectivity index (χ2n) is 8.46. The number of benzene rings is 1. The molecule has 1 aromatic carbocycles. The molecule has 0 saturated heterocycles. The standard InChI is InChI=1S/C26H42O5S/c1-2-3-4-5-6-7-8-9-10-11-12-13-14-15-16-17-18-19-26(27)31-24-20-22-25(23-21-24)32(28,29)30/h16-17,20-23H,2-15,18-19H2,1H3,(H,28,29,30). The molecule has 0 fully saturated rings. The van der Waals surface area contributed by atoms with E-state index in [1.807, 2.05) is 6.08 Å². The van der Waals surface area contributed by atoms with Crippen molar-refractivity contribution >= 4 is 16.1 Å². The first-order chi connectivity index (χ1) is 15.4. The maximum atomic E-state index is 11.8. The summed E-state index contributed by atoms with van der Waals surface area (Å²) >= 11 is 0. The van der Waals surface area contributed by atoms with Crippen LogP contribution in [0.25, 0.3) is 0 Å². The first-order valence-electron chi connectivity index (χ1n) is 12.4. The van der Waals surface area contributed by atoms with E-state index in [9.17, 15) is 13.2 Å². The zero-order valence-corrected chi connectivity index (χ0v) is 20.6. The Morgan fingerprint density at radius 3 is 1.75 bits per heavy atom. The summed E-state index contributed by atoms with van der Waals surface area (Å²) in [4.78, 5) is 11.6. The van der Waals surface area contributed by atoms with E-state index >= 15 is 0 Å². The summed E-state index contributed by atoms with van der Waals surface area (Å²) < 4.78 is 36.1. The molecule has 6 heteroatoms. The minimum Gasteiger partial charge on any atom is -0.427 e. The topological polar surface area (TPSA) is 80.7 Å². The maximum Gasteiger partial charge on any atom is 0.311 e. The molecule has 182 valence electrons. The van der Waals surface area contributed by atoms with Crippen LogP contribution in [0.2, 0.25) is 0 Å². The van der Waals surface area contributed by atoms with Crippen LogP contribution in [0.15, 0.2) is 41.3 Å². The second-order valence-corrected chi connectivity index (χ2v) is 9.88. The van der Waals surface area contributed by atoms with Crippen LogP contribution in [0.1, 0.15) is 110 Å². The van der Waals surface area contributed by atoms with Crippen LogP contribution in [0.4, 0.5) is 0 Å². The fourth-order valence-electron chi connectivity index (χ4n) is 3.58. The van der Waals surface area contributed by atoms with Crippen LogP contribution in [0.3, 0.4) is 0 Å². The molecule has 0 aromatic heterocycles. The monoisotopic (exact) mass is 466 g/mol. The van der Waals surface area contributed by atoms with Crippen molar-refractivity contribution in [2.24, 2.45) is 0 Å². The molecule has 0 saturated carbocycles. The van der Waals surface area contributed by atoms with Crippen LogP contribution in [-0.2, 0) is 14.9 Å². The molecule has 0 aliphatic heterocycles. The highest BCUT2D eigenvalue weighted by Gasteiger charge is 2.10. The number of rotatable bonds is 19. The Hall–Kier alpha value is -1.66. The number of allylic oxidation sites excluding steroid dienone is 2. The second kappa shape index (κ2) is 17.8. The molecule has 1 aromatic rings. The molecule has 0 unspecified atom stereocenters. The number of ether oxygens (including phenoxy) is 1. The van der Waals surface area contributed by atoms with Gasteiger partial charge in [0, 0.05) is 6.42 Å². The van der Waals surface area contributed by atoms with Crippen LogP contribution in [0, 0.1) is 0 Å². The number of hydrogen-bond donors (Lipinski definition) is 1. The average molecular weight is 467 g/mol. The Morgan fingerprint density at radius 2 is 1.25 bits per heavy atom. The van der Waals surface area contributed by atoms with E-state index in [1.54, 1.807) is 0 Å². The van der Waals surface area contributed by atoms with E-state index in [0.717, 1.165) is 6.42 Å². The SMILES string of the molecule is CCCCCCCCCCCCCCCC=CCCC(=O)Oc1ccc(S(=O)(=O)O)cc1. The van der Waals surface area contributed by atoms with Crippen molar-refractivity contribution in [1.82, 2.24) is 0 Å². The van der Waals surface area contributed by atoms with Crippen molar-refractivity contribution < 1.29 is 22.5 Å². The van der Waals surface area contributed by atoms with E-state index in [4.69, 9.17) is 9.29 Å². The predicted molar refractivity (Wildman–Crippen MR) is 131 cm³/mol. The maximum absolute atomic E-state index is 11.8. The van der Waals surface area contributed by atoms with Gasteiger partial charge < -0.3 is 4.74 Å². The first-order valence-corrected chi connectivity index (χ1v) is 13.8. The molecule has 5 nitrogen and oxygen atoms in total. The van der Waals surface area contributed by atoms with Gasteiger partial charge in [0.15, 0.2) is 0 Å². The summed E-state index contributed by atoms with van der Waals surface area (Å²) in [6.07, 6.45) is 23.7. The zero-order chi connectivity index (χ0) is 23.5. The number of carbonyl (C=O) groups is 1. The Labute approximate surface area is 195 Å². The van der Waals surface area contributed by atoms with Gasteiger partial charge >= 0.3 is 5.97 Å². The summed E-state index contributed by atoms with van der Waals surface area (Å²) in [5.41, 5.74) is 0. The zero-order valence-electron chi connectivity index (χ0n) is 19.8. The van der Waals surface area contributed by atoms with Gasteiger partial charge in [-0.05, 0) is 43.5 Å². The van der Waals surface area contributed by atoms with E-state index < -0.39 is 10.1 Å². The van der Waals surface area contributed by atoms with E-state index in [1.165, 1.54) is 108 Å². The summed E-state index contributed by atoms with van der Waals surface area (Å²) in [7, 11) is -4.24. The quantitative estimate of drug-likeness (QED) is 0.0744. The minimum absolute atomic E-state index is 0.228. The lowest BCUT2D eigenvalue weighted by Gasteiger charge is -2.04. The van der Waals surface area contributed by atoms with Crippen molar-refractivity contribution in [3.8, 4) is 5.75 Å². The lowest BCUT2D eigenvalue weighted by molar-refractivity contribution is -0.134. The highest BCUT2D eigenvalue weighted by atomic mass is 32.2. The number of esters is 1. The Bertz CT molecular complexity index is 738. The van der Waals surface area contributed by atoms with E-state index in [-0.39, 0.29) is 23.0 Å². The van der Waals surface area contributed by atoms with E-state index in [0.29, 0.717) is 6.42 Å². The molecule has 0 spiro atoms. The van der Waals surface area contributed by atoms with Gasteiger partial charge in [0.05, 0.1) is 4.90 Å². The lowest BCUT2D eigenvalue weighted by atomic mass is 10.0. The number of unbranched alkanes of at least 4 members (excludes halogenated alkanes) is 13. The molecule has 0 atom stereocenters. The van der Waals surface area contributed by atoms with Gasteiger partial charge in [-0.25, -0.2) is 0 Å². The molecule has 0 aliphatic rings. The highest BCUT2D eigenvalue weighted by molar-refractivity contribution is 7.85. The molecule has 32 heavy (non-hydrogen) atoms. The van der Waals surface area contributed by atoms with Crippen LogP contribution in [0.5, 0.6) is 5.75 Å². The summed E-state index contributed by atoms with van der Waals surface area (Å²) in [5.74, 6) is -0.103. The molecule has 1 rings (SSSR count). The van der Waals surface area contributed by atoms with E-state index in [2.05, 4.69) is 13.0 Å². The minimum atomic E-state index is -4.24. The van der Waals surface area contributed by atoms with Gasteiger partial charge in [-0.1, -0.05) is 96.1 Å². The number of hydrogen-bond acceptors (Lipinski definition) is 4. The third kappa shape index (κ3) is 15.2. The largest absolute Gasteiger partial charge is 0.427 e. The van der Waals surface area contributed by atoms with Gasteiger partial charge in [0.2, 0.25) is 0 Å². The van der Waals surface area contributed by atoms with Crippen molar-refractivity contribution in [3.05, 3.63) is 36.4 Å². The number of carbonyl (C=O) groups excluding carboxylic acids is 1. The van der Waals surface area contributed by atoms with Crippen LogP contribution >= 0.6 is 0 Å². The van der Waals surface area contributed by atoms with Crippen molar-refractivity contribution in [2.75, 3.05) is 0 Å². The normalized spacial score (nSPS) is 11.8. The Kier molecular flexibility index (Phi) is 15.8. The molecule has 0 amide bonds. The van der Waals surface area contributed by atoms with Gasteiger partial charge in [-0.15, -0.1) is 0 Å². The highest BCUT2D eigenvalue weighted by Crippen LogP contribution is 2.17. The van der Waals surface area contributed by atoms with Gasteiger partial charge in [0.25, 0.3) is 10.1 Å². The molecule has 1 N–H and O–H groups in total. The predicted octanol–water partition coefficient (Wildman–Crippen LogP) is 7.66.